The van der Waals surface area contributed by atoms with E-state index in [1.165, 1.54) is 30.3 Å². The van der Waals surface area contributed by atoms with Crippen molar-refractivity contribution in [1.82, 2.24) is 14.9 Å². The van der Waals surface area contributed by atoms with Crippen molar-refractivity contribution in [3.8, 4) is 22.8 Å². The first kappa shape index (κ1) is 31.6. The predicted molar refractivity (Wildman–Crippen MR) is 157 cm³/mol. The summed E-state index contributed by atoms with van der Waals surface area (Å²) >= 11 is 6.02. The Balaban J connectivity index is 1.46. The summed E-state index contributed by atoms with van der Waals surface area (Å²) in [4.78, 5) is 27.9. The van der Waals surface area contributed by atoms with Crippen LogP contribution in [0, 0.1) is 12.7 Å². The van der Waals surface area contributed by atoms with Gasteiger partial charge in [0.1, 0.15) is 17.5 Å². The maximum atomic E-state index is 15.1. The van der Waals surface area contributed by atoms with E-state index >= 15 is 4.39 Å². The minimum Gasteiger partial charge on any atom is -0.480 e. The summed E-state index contributed by atoms with van der Waals surface area (Å²) in [5.74, 6) is -2.17. The van der Waals surface area contributed by atoms with E-state index in [4.69, 9.17) is 20.9 Å². The van der Waals surface area contributed by atoms with Crippen LogP contribution in [0.5, 0.6) is 0 Å². The second-order valence-electron chi connectivity index (χ2n) is 10.6. The van der Waals surface area contributed by atoms with Crippen molar-refractivity contribution in [2.45, 2.75) is 50.7 Å². The van der Waals surface area contributed by atoms with Gasteiger partial charge in [0.2, 0.25) is 15.8 Å². The summed E-state index contributed by atoms with van der Waals surface area (Å²) < 4.78 is 53.3. The Kier molecular flexibility index (Phi) is 9.18. The van der Waals surface area contributed by atoms with Gasteiger partial charge in [0, 0.05) is 16.3 Å². The molecule has 226 valence electrons. The smallest absolute Gasteiger partial charge is 0.412 e. The molecule has 0 fully saturated rings. The minimum absolute atomic E-state index is 0.0104. The lowest BCUT2D eigenvalue weighted by Gasteiger charge is -2.19. The van der Waals surface area contributed by atoms with Gasteiger partial charge in [0.25, 0.3) is 5.89 Å². The molecule has 0 saturated heterocycles. The number of aromatic nitrogens is 2. The van der Waals surface area contributed by atoms with Gasteiger partial charge in [-0.15, -0.1) is 0 Å². The van der Waals surface area contributed by atoms with Gasteiger partial charge in [0.05, 0.1) is 10.5 Å². The number of ether oxygens (including phenoxy) is 1. The van der Waals surface area contributed by atoms with Crippen LogP contribution in [0.3, 0.4) is 0 Å². The molecule has 0 spiro atoms. The van der Waals surface area contributed by atoms with Crippen LogP contribution < -0.4 is 10.0 Å². The van der Waals surface area contributed by atoms with Gasteiger partial charge in [0.15, 0.2) is 0 Å². The van der Waals surface area contributed by atoms with Crippen LogP contribution in [0.1, 0.15) is 31.9 Å². The molecule has 14 heteroatoms. The van der Waals surface area contributed by atoms with E-state index in [9.17, 15) is 23.1 Å². The van der Waals surface area contributed by atoms with Crippen molar-refractivity contribution in [3.63, 3.8) is 0 Å². The minimum atomic E-state index is -4.23. The highest BCUT2D eigenvalue weighted by Gasteiger charge is 2.27. The SMILES string of the molecule is Cc1ccc(S(=O)(=O)NC(Cc2ccc(-c3noc(-c4ccc(NC(=O)OC(C)(C)C)cc4)n3)c(F)c2)C(=O)O)cc1Cl. The maximum absolute atomic E-state index is 15.1. The van der Waals surface area contributed by atoms with E-state index in [2.05, 4.69) is 20.2 Å². The van der Waals surface area contributed by atoms with E-state index in [0.29, 0.717) is 16.8 Å². The fourth-order valence-corrected chi connectivity index (χ4v) is 5.31. The second kappa shape index (κ2) is 12.5. The Bertz CT molecular complexity index is 1770. The molecule has 0 saturated carbocycles. The van der Waals surface area contributed by atoms with E-state index in [-0.39, 0.29) is 39.2 Å². The Hall–Kier alpha value is -4.33. The topological polar surface area (TPSA) is 161 Å². The van der Waals surface area contributed by atoms with Crippen LogP contribution in [0.25, 0.3) is 22.8 Å². The number of rotatable bonds is 9. The van der Waals surface area contributed by atoms with Crippen LogP contribution in [0.15, 0.2) is 70.1 Å². The number of nitrogens with one attached hydrogen (secondary N) is 2. The first-order valence-electron chi connectivity index (χ1n) is 12.9. The van der Waals surface area contributed by atoms with Gasteiger partial charge in [-0.05, 0) is 93.8 Å². The average Bonchev–Trinajstić information content (AvgIpc) is 3.39. The molecule has 4 aromatic rings. The van der Waals surface area contributed by atoms with Gasteiger partial charge >= 0.3 is 12.1 Å². The Morgan fingerprint density at radius 3 is 2.40 bits per heavy atom. The normalized spacial score (nSPS) is 12.5. The lowest BCUT2D eigenvalue weighted by Crippen LogP contribution is -2.42. The van der Waals surface area contributed by atoms with Crippen molar-refractivity contribution in [3.05, 3.63) is 82.6 Å². The number of nitrogens with zero attached hydrogens (tertiary/aromatic N) is 2. The number of carbonyl (C=O) groups excluding carboxylic acids is 1. The zero-order chi connectivity index (χ0) is 31.5. The lowest BCUT2D eigenvalue weighted by molar-refractivity contribution is -0.138. The lowest BCUT2D eigenvalue weighted by atomic mass is 10.0. The second-order valence-corrected chi connectivity index (χ2v) is 12.7. The summed E-state index contributed by atoms with van der Waals surface area (Å²) in [5, 5.41) is 16.3. The first-order valence-corrected chi connectivity index (χ1v) is 14.7. The number of halogens is 2. The van der Waals surface area contributed by atoms with Crippen molar-refractivity contribution >= 4 is 39.4 Å². The number of benzene rings is 3. The third-order valence-corrected chi connectivity index (χ3v) is 7.84. The van der Waals surface area contributed by atoms with Crippen LogP contribution >= 0.6 is 11.6 Å². The number of aryl methyl sites for hydroxylation is 1. The van der Waals surface area contributed by atoms with E-state index < -0.39 is 39.5 Å². The molecule has 1 atom stereocenters. The molecule has 3 N–H and O–H groups in total. The summed E-state index contributed by atoms with van der Waals surface area (Å²) in [6.07, 6.45) is -0.950. The van der Waals surface area contributed by atoms with E-state index in [1.54, 1.807) is 52.0 Å². The molecule has 1 unspecified atom stereocenters. The molecular formula is C29H28ClFN4O7S. The summed E-state index contributed by atoms with van der Waals surface area (Å²) in [7, 11) is -4.23. The van der Waals surface area contributed by atoms with Crippen molar-refractivity contribution in [2.75, 3.05) is 5.32 Å². The highest BCUT2D eigenvalue weighted by Crippen LogP contribution is 2.27. The molecular weight excluding hydrogens is 603 g/mol. The third-order valence-electron chi connectivity index (χ3n) is 5.97. The molecule has 3 aromatic carbocycles. The number of carboxylic acid groups (broad SMARTS) is 1. The molecule has 0 bridgehead atoms. The van der Waals surface area contributed by atoms with Crippen LogP contribution in [0.2, 0.25) is 5.02 Å². The number of hydrogen-bond acceptors (Lipinski definition) is 8. The molecule has 0 aliphatic heterocycles. The van der Waals surface area contributed by atoms with Crippen LogP contribution in [-0.2, 0) is 26.0 Å². The standard InChI is InChI=1S/C29H28ClFN4O7S/c1-16-5-11-20(15-22(16)30)43(39,40)35-24(27(36)37)14-17-6-12-21(23(31)13-17)25-33-26(42-34-25)18-7-9-19(10-8-18)32-28(38)41-29(2,3)4/h5-13,15,24,35H,14H2,1-4H3,(H,32,38)(H,36,37). The number of anilines is 1. The monoisotopic (exact) mass is 630 g/mol. The zero-order valence-corrected chi connectivity index (χ0v) is 25.1. The van der Waals surface area contributed by atoms with Crippen molar-refractivity contribution < 1.29 is 36.8 Å². The van der Waals surface area contributed by atoms with Crippen LogP contribution in [-0.4, -0.2) is 47.4 Å². The molecule has 11 nitrogen and oxygen atoms in total. The predicted octanol–water partition coefficient (Wildman–Crippen LogP) is 5.83. The Morgan fingerprint density at radius 2 is 1.79 bits per heavy atom. The quantitative estimate of drug-likeness (QED) is 0.207. The molecule has 0 aliphatic carbocycles. The molecule has 1 heterocycles. The van der Waals surface area contributed by atoms with Gasteiger partial charge in [-0.3, -0.25) is 10.1 Å². The fourth-order valence-electron chi connectivity index (χ4n) is 3.85. The van der Waals surface area contributed by atoms with Crippen molar-refractivity contribution in [2.24, 2.45) is 0 Å². The highest BCUT2D eigenvalue weighted by atomic mass is 35.5. The summed E-state index contributed by atoms with van der Waals surface area (Å²) in [5.41, 5.74) is 1.20. The molecule has 4 rings (SSSR count). The first-order chi connectivity index (χ1) is 20.1. The average molecular weight is 631 g/mol. The molecule has 1 aromatic heterocycles. The van der Waals surface area contributed by atoms with E-state index in [0.717, 1.165) is 6.07 Å². The van der Waals surface area contributed by atoms with Gasteiger partial charge < -0.3 is 14.4 Å². The molecule has 43 heavy (non-hydrogen) atoms. The zero-order valence-electron chi connectivity index (χ0n) is 23.5. The number of carbonyl (C=O) groups is 2. The number of carboxylic acids is 1. The molecule has 0 radical (unpaired) electrons. The van der Waals surface area contributed by atoms with Crippen molar-refractivity contribution in [1.29, 1.82) is 0 Å². The molecule has 1 amide bonds. The van der Waals surface area contributed by atoms with Gasteiger partial charge in [-0.1, -0.05) is 28.9 Å². The Morgan fingerprint density at radius 1 is 1.09 bits per heavy atom. The van der Waals surface area contributed by atoms with Gasteiger partial charge in [-0.25, -0.2) is 17.6 Å². The number of hydrogen-bond donors (Lipinski definition) is 3. The highest BCUT2D eigenvalue weighted by molar-refractivity contribution is 7.89. The maximum Gasteiger partial charge on any atom is 0.412 e. The van der Waals surface area contributed by atoms with E-state index in [1.807, 2.05) is 0 Å². The summed E-state index contributed by atoms with van der Waals surface area (Å²) in [6.45, 7) is 6.95. The number of sulfonamides is 1. The summed E-state index contributed by atoms with van der Waals surface area (Å²) in [6, 6.07) is 12.8. The fraction of sp³-hybridized carbons (Fsp3) is 0.241. The number of amides is 1. The largest absolute Gasteiger partial charge is 0.480 e. The van der Waals surface area contributed by atoms with Crippen LogP contribution in [0.4, 0.5) is 14.9 Å². The molecule has 0 aliphatic rings. The third kappa shape index (κ3) is 8.15. The number of aliphatic carboxylic acids is 1. The Labute approximate surface area is 252 Å². The van der Waals surface area contributed by atoms with Gasteiger partial charge in [-0.2, -0.15) is 9.71 Å².